The quantitative estimate of drug-likeness (QED) is 0.855. The highest BCUT2D eigenvalue weighted by atomic mass is 16.5. The number of rotatable bonds is 4. The van der Waals surface area contributed by atoms with Crippen LogP contribution in [0.5, 0.6) is 5.75 Å². The third kappa shape index (κ3) is 3.65. The van der Waals surface area contributed by atoms with Crippen LogP contribution in [-0.2, 0) is 11.2 Å². The summed E-state index contributed by atoms with van der Waals surface area (Å²) in [7, 11) is 1.73. The molecule has 2 aromatic carbocycles. The summed E-state index contributed by atoms with van der Waals surface area (Å²) in [5, 5.41) is 0. The summed E-state index contributed by atoms with van der Waals surface area (Å²) in [4.78, 5) is 5.00. The fourth-order valence-electron chi connectivity index (χ4n) is 3.85. The molecular weight excluding hydrogens is 312 g/mol. The van der Waals surface area contributed by atoms with Gasteiger partial charge in [0.15, 0.2) is 0 Å². The van der Waals surface area contributed by atoms with Gasteiger partial charge in [0.1, 0.15) is 5.75 Å². The number of hydrogen-bond donors (Lipinski definition) is 0. The molecule has 1 unspecified atom stereocenters. The van der Waals surface area contributed by atoms with Gasteiger partial charge in [-0.3, -0.25) is 4.90 Å². The molecule has 0 N–H and O–H groups in total. The van der Waals surface area contributed by atoms with Crippen molar-refractivity contribution < 1.29 is 9.47 Å². The molecule has 4 heteroatoms. The van der Waals surface area contributed by atoms with E-state index < -0.39 is 0 Å². The summed E-state index contributed by atoms with van der Waals surface area (Å²) in [6.45, 7) is 6.09. The molecule has 0 radical (unpaired) electrons. The number of nitrogens with zero attached hydrogens (tertiary/aromatic N) is 2. The van der Waals surface area contributed by atoms with Crippen LogP contribution in [0.1, 0.15) is 17.2 Å². The Morgan fingerprint density at radius 1 is 1.04 bits per heavy atom. The molecule has 4 rings (SSSR count). The van der Waals surface area contributed by atoms with Gasteiger partial charge < -0.3 is 14.4 Å². The van der Waals surface area contributed by atoms with E-state index in [4.69, 9.17) is 9.47 Å². The van der Waals surface area contributed by atoms with Gasteiger partial charge in [0.05, 0.1) is 19.8 Å². The van der Waals surface area contributed by atoms with E-state index in [2.05, 4.69) is 52.3 Å². The Morgan fingerprint density at radius 2 is 1.84 bits per heavy atom. The van der Waals surface area contributed by atoms with Crippen LogP contribution >= 0.6 is 0 Å². The Morgan fingerprint density at radius 3 is 2.60 bits per heavy atom. The normalized spacial score (nSPS) is 21.0. The molecule has 1 fully saturated rings. The molecule has 4 nitrogen and oxygen atoms in total. The van der Waals surface area contributed by atoms with Crippen molar-refractivity contribution in [2.24, 2.45) is 0 Å². The minimum Gasteiger partial charge on any atom is -0.497 e. The van der Waals surface area contributed by atoms with Crippen LogP contribution in [0.3, 0.4) is 0 Å². The number of hydrogen-bond acceptors (Lipinski definition) is 4. The van der Waals surface area contributed by atoms with Crippen LogP contribution in [0.25, 0.3) is 0 Å². The molecule has 2 aliphatic rings. The largest absolute Gasteiger partial charge is 0.497 e. The van der Waals surface area contributed by atoms with Gasteiger partial charge in [-0.2, -0.15) is 0 Å². The van der Waals surface area contributed by atoms with Gasteiger partial charge in [0.2, 0.25) is 0 Å². The Kier molecular flexibility index (Phi) is 4.90. The maximum absolute atomic E-state index is 6.10. The maximum Gasteiger partial charge on any atom is 0.119 e. The Bertz CT molecular complexity index is 696. The Balaban J connectivity index is 1.38. The van der Waals surface area contributed by atoms with Crippen LogP contribution < -0.4 is 9.64 Å². The van der Waals surface area contributed by atoms with Gasteiger partial charge in [0, 0.05) is 38.4 Å². The predicted molar refractivity (Wildman–Crippen MR) is 100 cm³/mol. The van der Waals surface area contributed by atoms with Crippen LogP contribution in [0.4, 0.5) is 5.69 Å². The summed E-state index contributed by atoms with van der Waals surface area (Å²) in [5.74, 6) is 0.941. The van der Waals surface area contributed by atoms with Crippen LogP contribution in [0.2, 0.25) is 0 Å². The number of benzene rings is 2. The van der Waals surface area contributed by atoms with E-state index in [1.807, 2.05) is 6.07 Å². The van der Waals surface area contributed by atoms with Crippen molar-refractivity contribution in [3.8, 4) is 5.75 Å². The van der Waals surface area contributed by atoms with E-state index in [0.29, 0.717) is 0 Å². The molecule has 2 aliphatic heterocycles. The number of fused-ring (bicyclic) bond motifs is 1. The van der Waals surface area contributed by atoms with Crippen molar-refractivity contribution in [2.45, 2.75) is 12.5 Å². The third-order valence-corrected chi connectivity index (χ3v) is 5.31. The predicted octanol–water partition coefficient (Wildman–Crippen LogP) is 3.13. The first-order chi connectivity index (χ1) is 12.3. The zero-order valence-electron chi connectivity index (χ0n) is 14.9. The van der Waals surface area contributed by atoms with E-state index in [1.165, 1.54) is 16.8 Å². The Labute approximate surface area is 150 Å². The molecule has 0 spiro atoms. The van der Waals surface area contributed by atoms with Gasteiger partial charge >= 0.3 is 0 Å². The topological polar surface area (TPSA) is 24.9 Å². The van der Waals surface area contributed by atoms with E-state index in [0.717, 1.165) is 51.5 Å². The second kappa shape index (κ2) is 7.46. The highest BCUT2D eigenvalue weighted by Crippen LogP contribution is 2.31. The standard InChI is InChI=1S/C21H26N2O2/c1-24-19-7-8-20-17(15-19)9-14-25-21(20)16-22-10-12-23(13-11-22)18-5-3-2-4-6-18/h2-8,15,21H,9-14,16H2,1H3. The molecular formula is C21H26N2O2. The maximum atomic E-state index is 6.10. The SMILES string of the molecule is COc1ccc2c(c1)CCOC2CN1CCN(c2ccccc2)CC1. The number of ether oxygens (including phenoxy) is 2. The molecule has 132 valence electrons. The number of piperazine rings is 1. The summed E-state index contributed by atoms with van der Waals surface area (Å²) in [5.41, 5.74) is 4.03. The van der Waals surface area contributed by atoms with Crippen molar-refractivity contribution >= 4 is 5.69 Å². The van der Waals surface area contributed by atoms with E-state index >= 15 is 0 Å². The second-order valence-electron chi connectivity index (χ2n) is 6.80. The summed E-state index contributed by atoms with van der Waals surface area (Å²) in [6, 6.07) is 17.1. The lowest BCUT2D eigenvalue weighted by Gasteiger charge is -2.38. The fraction of sp³-hybridized carbons (Fsp3) is 0.429. The zero-order valence-corrected chi connectivity index (χ0v) is 14.9. The van der Waals surface area contributed by atoms with E-state index in [9.17, 15) is 0 Å². The zero-order chi connectivity index (χ0) is 17.1. The molecule has 1 atom stereocenters. The molecule has 1 saturated heterocycles. The lowest BCUT2D eigenvalue weighted by Crippen LogP contribution is -2.48. The lowest BCUT2D eigenvalue weighted by atomic mass is 9.96. The van der Waals surface area contributed by atoms with E-state index in [-0.39, 0.29) is 6.10 Å². The molecule has 0 saturated carbocycles. The van der Waals surface area contributed by atoms with Crippen molar-refractivity contribution in [2.75, 3.05) is 51.3 Å². The Hall–Kier alpha value is -2.04. The first-order valence-electron chi connectivity index (χ1n) is 9.14. The molecule has 25 heavy (non-hydrogen) atoms. The van der Waals surface area contributed by atoms with Crippen LogP contribution in [0.15, 0.2) is 48.5 Å². The first-order valence-corrected chi connectivity index (χ1v) is 9.14. The molecule has 2 aromatic rings. The van der Waals surface area contributed by atoms with Crippen molar-refractivity contribution in [3.63, 3.8) is 0 Å². The monoisotopic (exact) mass is 338 g/mol. The average Bonchev–Trinajstić information content (AvgIpc) is 2.69. The van der Waals surface area contributed by atoms with Crippen LogP contribution in [-0.4, -0.2) is 51.3 Å². The first kappa shape index (κ1) is 16.4. The summed E-state index contributed by atoms with van der Waals surface area (Å²) >= 11 is 0. The van der Waals surface area contributed by atoms with Gasteiger partial charge in [-0.25, -0.2) is 0 Å². The number of anilines is 1. The second-order valence-corrected chi connectivity index (χ2v) is 6.80. The lowest BCUT2D eigenvalue weighted by molar-refractivity contribution is 0.0148. The van der Waals surface area contributed by atoms with Gasteiger partial charge in [-0.05, 0) is 41.8 Å². The van der Waals surface area contributed by atoms with Gasteiger partial charge in [-0.15, -0.1) is 0 Å². The van der Waals surface area contributed by atoms with Crippen LogP contribution in [0, 0.1) is 0 Å². The summed E-state index contributed by atoms with van der Waals surface area (Å²) < 4.78 is 11.5. The highest BCUT2D eigenvalue weighted by Gasteiger charge is 2.25. The van der Waals surface area contributed by atoms with Gasteiger partial charge in [0.25, 0.3) is 0 Å². The van der Waals surface area contributed by atoms with Crippen molar-refractivity contribution in [1.82, 2.24) is 4.90 Å². The minimum absolute atomic E-state index is 0.179. The van der Waals surface area contributed by atoms with Gasteiger partial charge in [-0.1, -0.05) is 24.3 Å². The molecule has 0 bridgehead atoms. The van der Waals surface area contributed by atoms with Crippen molar-refractivity contribution in [3.05, 3.63) is 59.7 Å². The number of para-hydroxylation sites is 1. The average molecular weight is 338 g/mol. The molecule has 0 amide bonds. The molecule has 0 aliphatic carbocycles. The highest BCUT2D eigenvalue weighted by molar-refractivity contribution is 5.46. The summed E-state index contributed by atoms with van der Waals surface area (Å²) in [6.07, 6.45) is 1.16. The molecule has 0 aromatic heterocycles. The minimum atomic E-state index is 0.179. The van der Waals surface area contributed by atoms with E-state index in [1.54, 1.807) is 7.11 Å². The number of methoxy groups -OCH3 is 1. The third-order valence-electron chi connectivity index (χ3n) is 5.31. The smallest absolute Gasteiger partial charge is 0.119 e. The molecule has 2 heterocycles. The fourth-order valence-corrected chi connectivity index (χ4v) is 3.85. The van der Waals surface area contributed by atoms with Crippen molar-refractivity contribution in [1.29, 1.82) is 0 Å².